The zero-order chi connectivity index (χ0) is 13.1. The van der Waals surface area contributed by atoms with Crippen LogP contribution in [0.15, 0.2) is 12.1 Å². The summed E-state index contributed by atoms with van der Waals surface area (Å²) in [7, 11) is 5.14. The van der Waals surface area contributed by atoms with Crippen LogP contribution in [-0.2, 0) is 0 Å². The van der Waals surface area contributed by atoms with Crippen LogP contribution >= 0.6 is 0 Å². The Bertz CT molecular complexity index is 418. The highest BCUT2D eigenvalue weighted by atomic mass is 19.1. The lowest BCUT2D eigenvalue weighted by molar-refractivity contribution is 0.311. The molecule has 0 spiro atoms. The zero-order valence-corrected chi connectivity index (χ0v) is 11.1. The van der Waals surface area contributed by atoms with Gasteiger partial charge in [-0.15, -0.1) is 0 Å². The highest BCUT2D eigenvalue weighted by Gasteiger charge is 2.19. The molecule has 5 heteroatoms. The molecule has 1 heterocycles. The Kier molecular flexibility index (Phi) is 3.91. The number of benzene rings is 1. The minimum absolute atomic E-state index is 0.266. The van der Waals surface area contributed by atoms with Gasteiger partial charge in [0, 0.05) is 38.3 Å². The molecule has 18 heavy (non-hydrogen) atoms. The second kappa shape index (κ2) is 5.44. The molecule has 0 N–H and O–H groups in total. The van der Waals surface area contributed by atoms with Crippen molar-refractivity contribution in [2.45, 2.75) is 0 Å². The Hall–Kier alpha value is -1.49. The fraction of sp³-hybridized carbons (Fsp3) is 0.538. The van der Waals surface area contributed by atoms with Crippen LogP contribution in [-0.4, -0.2) is 52.3 Å². The van der Waals surface area contributed by atoms with Crippen LogP contribution in [0.25, 0.3) is 0 Å². The highest BCUT2D eigenvalue weighted by molar-refractivity contribution is 5.57. The van der Waals surface area contributed by atoms with E-state index in [4.69, 9.17) is 9.47 Å². The molecule has 1 saturated heterocycles. The number of likely N-dealkylation sites (N-methyl/N-ethyl adjacent to an activating group) is 1. The van der Waals surface area contributed by atoms with E-state index in [9.17, 15) is 4.39 Å². The summed E-state index contributed by atoms with van der Waals surface area (Å²) >= 11 is 0. The van der Waals surface area contributed by atoms with Gasteiger partial charge in [0.05, 0.1) is 19.9 Å². The molecule has 1 aliphatic heterocycles. The number of anilines is 1. The summed E-state index contributed by atoms with van der Waals surface area (Å²) in [5.41, 5.74) is 0.584. The van der Waals surface area contributed by atoms with Gasteiger partial charge in [0.1, 0.15) is 5.82 Å². The van der Waals surface area contributed by atoms with Crippen molar-refractivity contribution in [3.63, 3.8) is 0 Å². The largest absolute Gasteiger partial charge is 0.493 e. The maximum Gasteiger partial charge on any atom is 0.163 e. The summed E-state index contributed by atoms with van der Waals surface area (Å²) in [5, 5.41) is 0. The van der Waals surface area contributed by atoms with E-state index in [0.29, 0.717) is 17.2 Å². The van der Waals surface area contributed by atoms with E-state index in [-0.39, 0.29) is 5.82 Å². The van der Waals surface area contributed by atoms with Gasteiger partial charge in [-0.25, -0.2) is 4.39 Å². The van der Waals surface area contributed by atoms with Crippen molar-refractivity contribution < 1.29 is 13.9 Å². The van der Waals surface area contributed by atoms with Crippen LogP contribution in [0.3, 0.4) is 0 Å². The van der Waals surface area contributed by atoms with E-state index in [2.05, 4.69) is 11.9 Å². The summed E-state index contributed by atoms with van der Waals surface area (Å²) < 4.78 is 24.3. The van der Waals surface area contributed by atoms with Crippen molar-refractivity contribution in [3.05, 3.63) is 17.9 Å². The molecule has 100 valence electrons. The maximum atomic E-state index is 14.0. The minimum atomic E-state index is -0.266. The van der Waals surface area contributed by atoms with E-state index >= 15 is 0 Å². The Morgan fingerprint density at radius 3 is 2.11 bits per heavy atom. The lowest BCUT2D eigenvalue weighted by Crippen LogP contribution is -2.44. The van der Waals surface area contributed by atoms with Gasteiger partial charge in [0.2, 0.25) is 0 Å². The maximum absolute atomic E-state index is 14.0. The summed E-state index contributed by atoms with van der Waals surface area (Å²) in [6.45, 7) is 3.52. The summed E-state index contributed by atoms with van der Waals surface area (Å²) in [4.78, 5) is 4.27. The Balaban J connectivity index is 2.27. The molecule has 0 unspecified atom stereocenters. The van der Waals surface area contributed by atoms with Crippen molar-refractivity contribution in [2.24, 2.45) is 0 Å². The quantitative estimate of drug-likeness (QED) is 0.818. The fourth-order valence-electron chi connectivity index (χ4n) is 2.13. The number of ether oxygens (including phenoxy) is 2. The molecule has 0 aromatic heterocycles. The molecular weight excluding hydrogens is 235 g/mol. The van der Waals surface area contributed by atoms with Gasteiger partial charge < -0.3 is 19.3 Å². The molecule has 0 radical (unpaired) electrons. The standard InChI is InChI=1S/C13H19FN2O2/c1-15-4-6-16(7-5-15)11-9-13(18-3)12(17-2)8-10(11)14/h8-9H,4-7H2,1-3H3. The van der Waals surface area contributed by atoms with Gasteiger partial charge in [0.15, 0.2) is 11.5 Å². The van der Waals surface area contributed by atoms with Crippen LogP contribution in [0, 0.1) is 5.82 Å². The second-order valence-electron chi connectivity index (χ2n) is 4.45. The molecular formula is C13H19FN2O2. The summed E-state index contributed by atoms with van der Waals surface area (Å²) in [6.07, 6.45) is 0. The third kappa shape index (κ3) is 2.51. The Labute approximate surface area is 107 Å². The first-order valence-corrected chi connectivity index (χ1v) is 6.00. The van der Waals surface area contributed by atoms with Gasteiger partial charge in [-0.05, 0) is 7.05 Å². The van der Waals surface area contributed by atoms with Gasteiger partial charge in [-0.1, -0.05) is 0 Å². The lowest BCUT2D eigenvalue weighted by atomic mass is 10.2. The fourth-order valence-corrected chi connectivity index (χ4v) is 2.13. The van der Waals surface area contributed by atoms with Crippen molar-refractivity contribution in [2.75, 3.05) is 52.3 Å². The van der Waals surface area contributed by atoms with E-state index in [1.807, 2.05) is 4.90 Å². The first kappa shape index (κ1) is 13.0. The lowest BCUT2D eigenvalue weighted by Gasteiger charge is -2.34. The molecule has 4 nitrogen and oxygen atoms in total. The molecule has 0 saturated carbocycles. The van der Waals surface area contributed by atoms with E-state index in [1.165, 1.54) is 13.2 Å². The molecule has 0 aliphatic carbocycles. The average molecular weight is 254 g/mol. The SMILES string of the molecule is COc1cc(F)c(N2CCN(C)CC2)cc1OC. The molecule has 1 aromatic carbocycles. The van der Waals surface area contributed by atoms with Crippen LogP contribution in [0.4, 0.5) is 10.1 Å². The monoisotopic (exact) mass is 254 g/mol. The van der Waals surface area contributed by atoms with Crippen molar-refractivity contribution in [1.29, 1.82) is 0 Å². The van der Waals surface area contributed by atoms with E-state index in [1.54, 1.807) is 13.2 Å². The van der Waals surface area contributed by atoms with Crippen LogP contribution in [0.2, 0.25) is 0 Å². The highest BCUT2D eigenvalue weighted by Crippen LogP contribution is 2.34. The summed E-state index contributed by atoms with van der Waals surface area (Å²) in [6, 6.07) is 3.09. The number of hydrogen-bond acceptors (Lipinski definition) is 4. The third-order valence-electron chi connectivity index (χ3n) is 3.30. The number of hydrogen-bond donors (Lipinski definition) is 0. The first-order valence-electron chi connectivity index (χ1n) is 6.00. The van der Waals surface area contributed by atoms with Gasteiger partial charge in [-0.3, -0.25) is 0 Å². The average Bonchev–Trinajstić information content (AvgIpc) is 2.39. The molecule has 1 fully saturated rings. The Morgan fingerprint density at radius 2 is 1.56 bits per heavy atom. The van der Waals surface area contributed by atoms with Crippen molar-refractivity contribution >= 4 is 5.69 Å². The minimum Gasteiger partial charge on any atom is -0.493 e. The van der Waals surface area contributed by atoms with Gasteiger partial charge in [0.25, 0.3) is 0 Å². The number of rotatable bonds is 3. The smallest absolute Gasteiger partial charge is 0.163 e. The number of methoxy groups -OCH3 is 2. The van der Waals surface area contributed by atoms with Crippen LogP contribution in [0.1, 0.15) is 0 Å². The van der Waals surface area contributed by atoms with Crippen molar-refractivity contribution in [3.8, 4) is 11.5 Å². The molecule has 2 rings (SSSR count). The van der Waals surface area contributed by atoms with Gasteiger partial charge in [-0.2, -0.15) is 0 Å². The van der Waals surface area contributed by atoms with Gasteiger partial charge >= 0.3 is 0 Å². The topological polar surface area (TPSA) is 24.9 Å². The zero-order valence-electron chi connectivity index (χ0n) is 11.1. The molecule has 0 atom stereocenters. The molecule has 0 amide bonds. The molecule has 1 aromatic rings. The molecule has 1 aliphatic rings. The predicted octanol–water partition coefficient (Wildman–Crippen LogP) is 1.59. The number of halogens is 1. The summed E-state index contributed by atoms with van der Waals surface area (Å²) in [5.74, 6) is 0.720. The Morgan fingerprint density at radius 1 is 1.00 bits per heavy atom. The second-order valence-corrected chi connectivity index (χ2v) is 4.45. The number of nitrogens with zero attached hydrogens (tertiary/aromatic N) is 2. The van der Waals surface area contributed by atoms with E-state index < -0.39 is 0 Å². The van der Waals surface area contributed by atoms with E-state index in [0.717, 1.165) is 26.2 Å². The van der Waals surface area contributed by atoms with Crippen LogP contribution in [0.5, 0.6) is 11.5 Å². The third-order valence-corrected chi connectivity index (χ3v) is 3.30. The normalized spacial score (nSPS) is 16.8. The number of piperazine rings is 1. The van der Waals surface area contributed by atoms with Crippen molar-refractivity contribution in [1.82, 2.24) is 4.90 Å². The molecule has 0 bridgehead atoms. The predicted molar refractivity (Wildman–Crippen MR) is 69.2 cm³/mol. The first-order chi connectivity index (χ1) is 8.65. The van der Waals surface area contributed by atoms with Crippen LogP contribution < -0.4 is 14.4 Å².